The van der Waals surface area contributed by atoms with Gasteiger partial charge >= 0.3 is 0 Å². The van der Waals surface area contributed by atoms with Crippen LogP contribution in [0, 0.1) is 17.3 Å². The molecule has 0 aromatic heterocycles. The standard InChI is InChI=1S/C15H31NO2/c1-15(2,3)13-6-7-14(17)12(10-13)11-16(4)8-9-18-5/h12-14,17H,6-11H2,1-5H3. The molecule has 0 radical (unpaired) electrons. The first kappa shape index (κ1) is 15.9. The van der Waals surface area contributed by atoms with Crippen molar-refractivity contribution in [2.75, 3.05) is 33.9 Å². The highest BCUT2D eigenvalue weighted by molar-refractivity contribution is 4.86. The Labute approximate surface area is 113 Å². The molecular formula is C15H31NO2. The number of nitrogens with zero attached hydrogens (tertiary/aromatic N) is 1. The third-order valence-electron chi connectivity index (χ3n) is 4.39. The Bertz CT molecular complexity index is 237. The molecule has 0 spiro atoms. The molecule has 0 heterocycles. The number of rotatable bonds is 5. The van der Waals surface area contributed by atoms with Crippen molar-refractivity contribution < 1.29 is 9.84 Å². The van der Waals surface area contributed by atoms with Gasteiger partial charge in [-0.2, -0.15) is 0 Å². The summed E-state index contributed by atoms with van der Waals surface area (Å²) in [5.41, 5.74) is 0.365. The van der Waals surface area contributed by atoms with Crippen LogP contribution in [0.2, 0.25) is 0 Å². The van der Waals surface area contributed by atoms with Crippen molar-refractivity contribution in [2.45, 2.75) is 46.1 Å². The molecule has 1 rings (SSSR count). The van der Waals surface area contributed by atoms with Crippen LogP contribution in [-0.4, -0.2) is 50.0 Å². The number of hydrogen-bond donors (Lipinski definition) is 1. The zero-order valence-corrected chi connectivity index (χ0v) is 12.8. The largest absolute Gasteiger partial charge is 0.393 e. The third kappa shape index (κ3) is 4.87. The summed E-state index contributed by atoms with van der Waals surface area (Å²) >= 11 is 0. The molecule has 1 fully saturated rings. The molecule has 3 nitrogen and oxygen atoms in total. The Hall–Kier alpha value is -0.120. The van der Waals surface area contributed by atoms with Crippen molar-refractivity contribution in [3.63, 3.8) is 0 Å². The van der Waals surface area contributed by atoms with E-state index in [1.807, 2.05) is 0 Å². The molecule has 0 aromatic rings. The van der Waals surface area contributed by atoms with Gasteiger partial charge in [-0.15, -0.1) is 0 Å². The van der Waals surface area contributed by atoms with Crippen molar-refractivity contribution >= 4 is 0 Å². The number of hydrogen-bond acceptors (Lipinski definition) is 3. The van der Waals surface area contributed by atoms with Gasteiger partial charge in [0.05, 0.1) is 12.7 Å². The van der Waals surface area contributed by atoms with Gasteiger partial charge in [-0.3, -0.25) is 0 Å². The third-order valence-corrected chi connectivity index (χ3v) is 4.39. The lowest BCUT2D eigenvalue weighted by Crippen LogP contribution is -2.41. The number of aliphatic hydroxyl groups excluding tert-OH is 1. The molecule has 1 aliphatic carbocycles. The summed E-state index contributed by atoms with van der Waals surface area (Å²) in [5, 5.41) is 10.2. The van der Waals surface area contributed by atoms with Gasteiger partial charge in [0, 0.05) is 20.2 Å². The number of ether oxygens (including phenoxy) is 1. The first-order valence-electron chi connectivity index (χ1n) is 7.20. The Morgan fingerprint density at radius 2 is 1.94 bits per heavy atom. The maximum Gasteiger partial charge on any atom is 0.0589 e. The van der Waals surface area contributed by atoms with E-state index in [0.29, 0.717) is 11.3 Å². The molecule has 0 bridgehead atoms. The van der Waals surface area contributed by atoms with E-state index in [1.165, 1.54) is 6.42 Å². The van der Waals surface area contributed by atoms with E-state index in [1.54, 1.807) is 7.11 Å². The summed E-state index contributed by atoms with van der Waals surface area (Å²) in [7, 11) is 3.85. The summed E-state index contributed by atoms with van der Waals surface area (Å²) in [6.07, 6.45) is 3.17. The van der Waals surface area contributed by atoms with Crippen molar-refractivity contribution in [1.29, 1.82) is 0 Å². The molecule has 0 amide bonds. The minimum atomic E-state index is -0.117. The number of aliphatic hydroxyl groups is 1. The van der Waals surface area contributed by atoms with Crippen molar-refractivity contribution in [3.8, 4) is 0 Å². The van der Waals surface area contributed by atoms with E-state index >= 15 is 0 Å². The molecule has 1 aliphatic rings. The molecular weight excluding hydrogens is 226 g/mol. The lowest BCUT2D eigenvalue weighted by Gasteiger charge is -2.41. The molecule has 1 N–H and O–H groups in total. The summed E-state index contributed by atoms with van der Waals surface area (Å²) in [6.45, 7) is 9.65. The molecule has 0 aromatic carbocycles. The van der Waals surface area contributed by atoms with Gasteiger partial charge in [-0.05, 0) is 43.6 Å². The number of methoxy groups -OCH3 is 1. The zero-order valence-electron chi connectivity index (χ0n) is 12.8. The quantitative estimate of drug-likeness (QED) is 0.821. The van der Waals surface area contributed by atoms with Gasteiger partial charge in [-0.25, -0.2) is 0 Å². The predicted molar refractivity (Wildman–Crippen MR) is 75.7 cm³/mol. The molecule has 18 heavy (non-hydrogen) atoms. The monoisotopic (exact) mass is 257 g/mol. The lowest BCUT2D eigenvalue weighted by atomic mass is 9.68. The fourth-order valence-electron chi connectivity index (χ4n) is 2.97. The van der Waals surface area contributed by atoms with E-state index in [4.69, 9.17) is 4.74 Å². The lowest BCUT2D eigenvalue weighted by molar-refractivity contribution is 0.00410. The molecule has 1 saturated carbocycles. The smallest absolute Gasteiger partial charge is 0.0589 e. The second-order valence-corrected chi connectivity index (χ2v) is 6.96. The van der Waals surface area contributed by atoms with E-state index in [9.17, 15) is 5.11 Å². The topological polar surface area (TPSA) is 32.7 Å². The Kier molecular flexibility index (Phi) is 6.09. The second-order valence-electron chi connectivity index (χ2n) is 6.96. The molecule has 3 atom stereocenters. The number of likely N-dealkylation sites (N-methyl/N-ethyl adjacent to an activating group) is 1. The van der Waals surface area contributed by atoms with E-state index in [2.05, 4.69) is 32.7 Å². The molecule has 3 unspecified atom stereocenters. The van der Waals surface area contributed by atoms with Gasteiger partial charge in [-0.1, -0.05) is 20.8 Å². The van der Waals surface area contributed by atoms with Crippen LogP contribution in [0.1, 0.15) is 40.0 Å². The van der Waals surface area contributed by atoms with Gasteiger partial charge in [0.25, 0.3) is 0 Å². The fourth-order valence-corrected chi connectivity index (χ4v) is 2.97. The highest BCUT2D eigenvalue weighted by Crippen LogP contribution is 2.40. The molecule has 3 heteroatoms. The predicted octanol–water partition coefficient (Wildman–Crippen LogP) is 2.39. The fraction of sp³-hybridized carbons (Fsp3) is 1.00. The maximum absolute atomic E-state index is 10.2. The summed E-state index contributed by atoms with van der Waals surface area (Å²) in [4.78, 5) is 2.28. The van der Waals surface area contributed by atoms with Crippen LogP contribution >= 0.6 is 0 Å². The van der Waals surface area contributed by atoms with Crippen LogP contribution in [0.5, 0.6) is 0 Å². The van der Waals surface area contributed by atoms with E-state index < -0.39 is 0 Å². The van der Waals surface area contributed by atoms with Crippen LogP contribution in [0.25, 0.3) is 0 Å². The SMILES string of the molecule is COCCN(C)CC1CC(C(C)(C)C)CCC1O. The highest BCUT2D eigenvalue weighted by atomic mass is 16.5. The van der Waals surface area contributed by atoms with Crippen molar-refractivity contribution in [2.24, 2.45) is 17.3 Å². The average molecular weight is 257 g/mol. The normalized spacial score (nSPS) is 29.8. The minimum absolute atomic E-state index is 0.117. The second kappa shape index (κ2) is 6.88. The first-order valence-corrected chi connectivity index (χ1v) is 7.20. The summed E-state index contributed by atoms with van der Waals surface area (Å²) in [6, 6.07) is 0. The van der Waals surface area contributed by atoms with Gasteiger partial charge in [0.15, 0.2) is 0 Å². The van der Waals surface area contributed by atoms with Crippen LogP contribution in [-0.2, 0) is 4.74 Å². The molecule has 0 saturated heterocycles. The average Bonchev–Trinajstić information content (AvgIpc) is 2.28. The molecule has 0 aliphatic heterocycles. The van der Waals surface area contributed by atoms with Crippen LogP contribution < -0.4 is 0 Å². The first-order chi connectivity index (χ1) is 8.34. The maximum atomic E-state index is 10.2. The Balaban J connectivity index is 2.47. The van der Waals surface area contributed by atoms with Crippen molar-refractivity contribution in [1.82, 2.24) is 4.90 Å². The van der Waals surface area contributed by atoms with Crippen LogP contribution in [0.3, 0.4) is 0 Å². The van der Waals surface area contributed by atoms with Gasteiger partial charge in [0.1, 0.15) is 0 Å². The van der Waals surface area contributed by atoms with E-state index in [-0.39, 0.29) is 6.10 Å². The Morgan fingerprint density at radius 3 is 2.50 bits per heavy atom. The zero-order chi connectivity index (χ0) is 13.8. The van der Waals surface area contributed by atoms with E-state index in [0.717, 1.165) is 38.5 Å². The Morgan fingerprint density at radius 1 is 1.28 bits per heavy atom. The highest BCUT2D eigenvalue weighted by Gasteiger charge is 2.35. The van der Waals surface area contributed by atoms with Crippen LogP contribution in [0.15, 0.2) is 0 Å². The minimum Gasteiger partial charge on any atom is -0.393 e. The molecule has 108 valence electrons. The van der Waals surface area contributed by atoms with Gasteiger partial charge in [0.2, 0.25) is 0 Å². The van der Waals surface area contributed by atoms with Crippen LogP contribution in [0.4, 0.5) is 0 Å². The van der Waals surface area contributed by atoms with Gasteiger partial charge < -0.3 is 14.7 Å². The summed E-state index contributed by atoms with van der Waals surface area (Å²) in [5.74, 6) is 1.16. The van der Waals surface area contributed by atoms with Crippen molar-refractivity contribution in [3.05, 3.63) is 0 Å². The summed E-state index contributed by atoms with van der Waals surface area (Å²) < 4.78 is 5.10.